The molecule has 4 aromatic rings. The van der Waals surface area contributed by atoms with Gasteiger partial charge in [-0.3, -0.25) is 4.79 Å². The van der Waals surface area contributed by atoms with E-state index >= 15 is 0 Å². The number of carbonyl (C=O) groups is 1. The van der Waals surface area contributed by atoms with Gasteiger partial charge in [0.05, 0.1) is 23.8 Å². The van der Waals surface area contributed by atoms with Crippen LogP contribution < -0.4 is 4.74 Å². The van der Waals surface area contributed by atoms with E-state index in [1.54, 1.807) is 25.3 Å². The number of nitrogens with zero attached hydrogens (tertiary/aromatic N) is 3. The lowest BCUT2D eigenvalue weighted by Crippen LogP contribution is -2.23. The number of hydrazone groups is 1. The molecule has 188 valence electrons. The number of phenols is 1. The van der Waals surface area contributed by atoms with E-state index in [0.29, 0.717) is 27.1 Å². The minimum Gasteiger partial charge on any atom is -0.507 e. The third-order valence-electron chi connectivity index (χ3n) is 6.58. The molecule has 0 aliphatic carbocycles. The van der Waals surface area contributed by atoms with Crippen LogP contribution in [0.15, 0.2) is 99.9 Å². The largest absolute Gasteiger partial charge is 0.507 e. The molecule has 2 heterocycles. The zero-order valence-corrected chi connectivity index (χ0v) is 21.9. The van der Waals surface area contributed by atoms with Crippen molar-refractivity contribution in [2.45, 2.75) is 12.5 Å². The summed E-state index contributed by atoms with van der Waals surface area (Å²) in [5.74, 6) is 0.424. The summed E-state index contributed by atoms with van der Waals surface area (Å²) in [6.07, 6.45) is 2.25. The number of hydrogen-bond donors (Lipinski definition) is 1. The molecule has 0 spiro atoms. The van der Waals surface area contributed by atoms with Gasteiger partial charge in [0, 0.05) is 17.0 Å². The summed E-state index contributed by atoms with van der Waals surface area (Å²) < 4.78 is 5.34. The highest BCUT2D eigenvalue weighted by Crippen LogP contribution is 2.40. The fourth-order valence-electron chi connectivity index (χ4n) is 4.59. The quantitative estimate of drug-likeness (QED) is 0.282. The zero-order chi connectivity index (χ0) is 26.2. The molecule has 0 bridgehead atoms. The number of aliphatic imine (C=N–C) groups is 1. The normalized spacial score (nSPS) is 18.3. The van der Waals surface area contributed by atoms with Crippen LogP contribution in [0.3, 0.4) is 0 Å². The van der Waals surface area contributed by atoms with Crippen molar-refractivity contribution in [2.24, 2.45) is 10.1 Å². The molecule has 1 N–H and O–H groups in total. The van der Waals surface area contributed by atoms with Gasteiger partial charge in [-0.2, -0.15) is 10.1 Å². The predicted molar refractivity (Wildman–Crippen MR) is 154 cm³/mol. The second-order valence-corrected chi connectivity index (χ2v) is 10.4. The lowest BCUT2D eigenvalue weighted by Gasteiger charge is -2.22. The van der Waals surface area contributed by atoms with E-state index in [0.717, 1.165) is 28.0 Å². The molecule has 0 fully saturated rings. The Bertz CT molecular complexity index is 1660. The first-order valence-electron chi connectivity index (χ1n) is 12.0. The van der Waals surface area contributed by atoms with Crippen LogP contribution in [0.2, 0.25) is 5.02 Å². The highest BCUT2D eigenvalue weighted by Gasteiger charge is 2.36. The molecule has 8 heteroatoms. The summed E-state index contributed by atoms with van der Waals surface area (Å²) in [4.78, 5) is 17.6. The Labute approximate surface area is 228 Å². The number of amidine groups is 1. The van der Waals surface area contributed by atoms with E-state index in [-0.39, 0.29) is 17.7 Å². The van der Waals surface area contributed by atoms with Gasteiger partial charge < -0.3 is 9.84 Å². The third-order valence-corrected chi connectivity index (χ3v) is 7.78. The highest BCUT2D eigenvalue weighted by molar-refractivity contribution is 8.18. The molecule has 4 aromatic carbocycles. The number of hydrogen-bond acceptors (Lipinski definition) is 6. The number of rotatable bonds is 4. The lowest BCUT2D eigenvalue weighted by atomic mass is 9.97. The summed E-state index contributed by atoms with van der Waals surface area (Å²) >= 11 is 7.33. The summed E-state index contributed by atoms with van der Waals surface area (Å²) in [5.41, 5.74) is 3.43. The topological polar surface area (TPSA) is 74.5 Å². The first kappa shape index (κ1) is 24.3. The van der Waals surface area contributed by atoms with Crippen molar-refractivity contribution < 1.29 is 14.6 Å². The van der Waals surface area contributed by atoms with E-state index in [1.807, 2.05) is 41.4 Å². The van der Waals surface area contributed by atoms with Gasteiger partial charge in [-0.15, -0.1) is 0 Å². The Morgan fingerprint density at radius 2 is 1.82 bits per heavy atom. The molecule has 0 radical (unpaired) electrons. The maximum atomic E-state index is 12.9. The van der Waals surface area contributed by atoms with Crippen molar-refractivity contribution in [3.05, 3.63) is 112 Å². The van der Waals surface area contributed by atoms with Gasteiger partial charge in [0.1, 0.15) is 11.5 Å². The Balaban J connectivity index is 1.36. The maximum Gasteiger partial charge on any atom is 0.286 e. The minimum atomic E-state index is -0.382. The average molecular weight is 540 g/mol. The minimum absolute atomic E-state index is 0.0395. The molecule has 0 saturated heterocycles. The maximum absolute atomic E-state index is 12.9. The second-order valence-electron chi connectivity index (χ2n) is 8.96. The van der Waals surface area contributed by atoms with Crippen LogP contribution >= 0.6 is 23.4 Å². The molecule has 1 atom stereocenters. The number of benzene rings is 4. The number of ether oxygens (including phenoxy) is 1. The fourth-order valence-corrected chi connectivity index (χ4v) is 5.68. The van der Waals surface area contributed by atoms with Crippen LogP contribution in [0, 0.1) is 0 Å². The van der Waals surface area contributed by atoms with Crippen molar-refractivity contribution in [3.8, 4) is 11.5 Å². The van der Waals surface area contributed by atoms with Gasteiger partial charge in [0.15, 0.2) is 5.17 Å². The standard InChI is InChI=1S/C30H22ClN3O3S/c1-37-24-11-8-19(9-12-24)26-17-25(21-7-6-18-4-2-3-5-20(18)14-21)33-34(26)30-32-29(36)28(38-30)16-22-15-23(31)10-13-27(22)35/h2-16,26,35H,17H2,1H3/b28-16-. The second kappa shape index (κ2) is 10.0. The van der Waals surface area contributed by atoms with E-state index in [2.05, 4.69) is 35.3 Å². The number of thioether (sulfide) groups is 1. The molecular formula is C30H22ClN3O3S. The number of fused-ring (bicyclic) bond motifs is 1. The monoisotopic (exact) mass is 539 g/mol. The molecule has 6 rings (SSSR count). The lowest BCUT2D eigenvalue weighted by molar-refractivity contribution is -0.113. The number of halogens is 1. The van der Waals surface area contributed by atoms with Gasteiger partial charge >= 0.3 is 0 Å². The number of amides is 1. The first-order valence-corrected chi connectivity index (χ1v) is 13.2. The summed E-state index contributed by atoms with van der Waals surface area (Å²) in [5, 5.41) is 20.3. The molecule has 0 aromatic heterocycles. The van der Waals surface area contributed by atoms with Crippen LogP contribution in [0.25, 0.3) is 16.8 Å². The molecule has 1 amide bonds. The van der Waals surface area contributed by atoms with Crippen LogP contribution in [0.1, 0.15) is 29.2 Å². The summed E-state index contributed by atoms with van der Waals surface area (Å²) in [6, 6.07) is 27.0. The number of carbonyl (C=O) groups excluding carboxylic acids is 1. The number of methoxy groups -OCH3 is 1. The predicted octanol–water partition coefficient (Wildman–Crippen LogP) is 7.03. The molecule has 0 saturated carbocycles. The SMILES string of the molecule is COc1ccc(C2CC(c3ccc4ccccc4c3)=NN2C2=NC(=O)/C(=C/c3cc(Cl)ccc3O)S2)cc1. The highest BCUT2D eigenvalue weighted by atomic mass is 35.5. The van der Waals surface area contributed by atoms with Crippen LogP contribution in [0.5, 0.6) is 11.5 Å². The van der Waals surface area contributed by atoms with Crippen molar-refractivity contribution in [3.63, 3.8) is 0 Å². The molecule has 2 aliphatic rings. The molecular weight excluding hydrogens is 518 g/mol. The fraction of sp³-hybridized carbons (Fsp3) is 0.100. The number of phenolic OH excluding ortho intramolecular Hbond substituents is 1. The van der Waals surface area contributed by atoms with Crippen molar-refractivity contribution in [1.29, 1.82) is 0 Å². The molecule has 6 nitrogen and oxygen atoms in total. The van der Waals surface area contributed by atoms with Crippen LogP contribution in [-0.2, 0) is 4.79 Å². The van der Waals surface area contributed by atoms with E-state index in [9.17, 15) is 9.90 Å². The summed E-state index contributed by atoms with van der Waals surface area (Å²) in [7, 11) is 1.64. The van der Waals surface area contributed by atoms with Gasteiger partial charge in [0.25, 0.3) is 5.91 Å². The van der Waals surface area contributed by atoms with Crippen molar-refractivity contribution >= 4 is 57.0 Å². The van der Waals surface area contributed by atoms with Crippen LogP contribution in [0.4, 0.5) is 0 Å². The Morgan fingerprint density at radius 3 is 2.61 bits per heavy atom. The first-order chi connectivity index (χ1) is 18.5. The van der Waals surface area contributed by atoms with Gasteiger partial charge in [0.2, 0.25) is 0 Å². The Hall–Kier alpha value is -4.07. The van der Waals surface area contributed by atoms with Gasteiger partial charge in [-0.05, 0) is 76.1 Å². The van der Waals surface area contributed by atoms with Gasteiger partial charge in [-0.25, -0.2) is 5.01 Å². The van der Waals surface area contributed by atoms with E-state index in [4.69, 9.17) is 21.4 Å². The molecule has 2 aliphatic heterocycles. The van der Waals surface area contributed by atoms with E-state index < -0.39 is 0 Å². The Morgan fingerprint density at radius 1 is 1.03 bits per heavy atom. The molecule has 1 unspecified atom stereocenters. The van der Waals surface area contributed by atoms with Gasteiger partial charge in [-0.1, -0.05) is 60.1 Å². The zero-order valence-electron chi connectivity index (χ0n) is 20.3. The number of aromatic hydroxyl groups is 1. The third kappa shape index (κ3) is 4.66. The van der Waals surface area contributed by atoms with Crippen molar-refractivity contribution in [2.75, 3.05) is 7.11 Å². The van der Waals surface area contributed by atoms with Crippen molar-refractivity contribution in [1.82, 2.24) is 5.01 Å². The average Bonchev–Trinajstić information content (AvgIpc) is 3.54. The van der Waals surface area contributed by atoms with Crippen LogP contribution in [-0.4, -0.2) is 34.0 Å². The summed E-state index contributed by atoms with van der Waals surface area (Å²) in [6.45, 7) is 0. The smallest absolute Gasteiger partial charge is 0.286 e. The van der Waals surface area contributed by atoms with E-state index in [1.165, 1.54) is 23.2 Å². The molecule has 38 heavy (non-hydrogen) atoms. The Kier molecular flexibility index (Phi) is 6.39.